The van der Waals surface area contributed by atoms with E-state index in [4.69, 9.17) is 5.73 Å². The summed E-state index contributed by atoms with van der Waals surface area (Å²) in [7, 11) is 0. The van der Waals surface area contributed by atoms with E-state index in [0.29, 0.717) is 22.7 Å². The van der Waals surface area contributed by atoms with Crippen LogP contribution < -0.4 is 10.6 Å². The minimum Gasteiger partial charge on any atom is -0.366 e. The van der Waals surface area contributed by atoms with Crippen LogP contribution in [-0.2, 0) is 6.54 Å². The Bertz CT molecular complexity index is 494. The standard InChI is InChI=1S/C15H21BrFN3/c16-14-11(9-18)4-5-13(15(14)17)20-8-7-19-6-2-1-3-12(19)10-20/h4-5,12H,1-3,6-10,18H2. The number of fused-ring (bicyclic) bond motifs is 1. The molecule has 2 aliphatic rings. The van der Waals surface area contributed by atoms with Gasteiger partial charge in [-0.3, -0.25) is 4.90 Å². The van der Waals surface area contributed by atoms with Crippen molar-refractivity contribution in [1.82, 2.24) is 4.90 Å². The molecule has 0 saturated carbocycles. The number of rotatable bonds is 2. The smallest absolute Gasteiger partial charge is 0.160 e. The number of piperidine rings is 1. The van der Waals surface area contributed by atoms with Gasteiger partial charge in [0.2, 0.25) is 0 Å². The molecule has 0 spiro atoms. The maximum Gasteiger partial charge on any atom is 0.160 e. The zero-order valence-electron chi connectivity index (χ0n) is 11.6. The molecule has 2 saturated heterocycles. The van der Waals surface area contributed by atoms with Gasteiger partial charge in [-0.2, -0.15) is 0 Å². The van der Waals surface area contributed by atoms with Gasteiger partial charge in [0.15, 0.2) is 5.82 Å². The van der Waals surface area contributed by atoms with Crippen molar-refractivity contribution in [2.75, 3.05) is 31.1 Å². The molecule has 0 bridgehead atoms. The molecule has 0 aliphatic carbocycles. The van der Waals surface area contributed by atoms with Crippen molar-refractivity contribution in [3.8, 4) is 0 Å². The van der Waals surface area contributed by atoms with Crippen LogP contribution in [0.15, 0.2) is 16.6 Å². The summed E-state index contributed by atoms with van der Waals surface area (Å²) in [6, 6.07) is 4.39. The van der Waals surface area contributed by atoms with E-state index in [0.717, 1.165) is 25.2 Å². The average molecular weight is 342 g/mol. The van der Waals surface area contributed by atoms with E-state index in [9.17, 15) is 4.39 Å². The molecular weight excluding hydrogens is 321 g/mol. The number of anilines is 1. The van der Waals surface area contributed by atoms with Crippen LogP contribution in [0.4, 0.5) is 10.1 Å². The van der Waals surface area contributed by atoms with E-state index < -0.39 is 0 Å². The van der Waals surface area contributed by atoms with Crippen LogP contribution in [-0.4, -0.2) is 37.1 Å². The largest absolute Gasteiger partial charge is 0.366 e. The number of nitrogens with two attached hydrogens (primary N) is 1. The molecule has 110 valence electrons. The maximum absolute atomic E-state index is 14.5. The third-order valence-corrected chi connectivity index (χ3v) is 5.40. The summed E-state index contributed by atoms with van der Waals surface area (Å²) in [5.74, 6) is -0.169. The van der Waals surface area contributed by atoms with E-state index in [-0.39, 0.29) is 5.82 Å². The Morgan fingerprint density at radius 2 is 2.10 bits per heavy atom. The zero-order valence-corrected chi connectivity index (χ0v) is 13.2. The minimum atomic E-state index is -0.169. The molecule has 1 aromatic rings. The van der Waals surface area contributed by atoms with Gasteiger partial charge in [-0.05, 0) is 46.9 Å². The van der Waals surface area contributed by atoms with Crippen molar-refractivity contribution < 1.29 is 4.39 Å². The summed E-state index contributed by atoms with van der Waals surface area (Å²) < 4.78 is 15.0. The molecule has 5 heteroatoms. The van der Waals surface area contributed by atoms with Crippen LogP contribution >= 0.6 is 15.9 Å². The van der Waals surface area contributed by atoms with E-state index in [1.54, 1.807) is 0 Å². The van der Waals surface area contributed by atoms with Crippen molar-refractivity contribution in [3.05, 3.63) is 28.0 Å². The first-order chi connectivity index (χ1) is 9.70. The highest BCUT2D eigenvalue weighted by molar-refractivity contribution is 9.10. The quantitative estimate of drug-likeness (QED) is 0.897. The lowest BCUT2D eigenvalue weighted by molar-refractivity contribution is 0.133. The van der Waals surface area contributed by atoms with Crippen LogP contribution in [0.2, 0.25) is 0 Å². The van der Waals surface area contributed by atoms with Crippen LogP contribution in [0, 0.1) is 5.82 Å². The molecule has 3 nitrogen and oxygen atoms in total. The van der Waals surface area contributed by atoms with E-state index in [1.165, 1.54) is 25.8 Å². The lowest BCUT2D eigenvalue weighted by atomic mass is 9.99. The molecular formula is C15H21BrFN3. The Kier molecular flexibility index (Phi) is 4.29. The topological polar surface area (TPSA) is 32.5 Å². The van der Waals surface area contributed by atoms with Gasteiger partial charge in [-0.25, -0.2) is 4.39 Å². The summed E-state index contributed by atoms with van der Waals surface area (Å²) in [4.78, 5) is 4.74. The van der Waals surface area contributed by atoms with Crippen molar-refractivity contribution >= 4 is 21.6 Å². The number of nitrogens with zero attached hydrogens (tertiary/aromatic N) is 2. The van der Waals surface area contributed by atoms with Crippen LogP contribution in [0.3, 0.4) is 0 Å². The molecule has 0 aromatic heterocycles. The van der Waals surface area contributed by atoms with E-state index in [2.05, 4.69) is 25.7 Å². The fourth-order valence-corrected chi connectivity index (χ4v) is 3.85. The van der Waals surface area contributed by atoms with Crippen LogP contribution in [0.5, 0.6) is 0 Å². The third-order valence-electron chi connectivity index (χ3n) is 4.54. The molecule has 0 amide bonds. The number of halogens is 2. The van der Waals surface area contributed by atoms with Gasteiger partial charge in [-0.15, -0.1) is 0 Å². The highest BCUT2D eigenvalue weighted by atomic mass is 79.9. The summed E-state index contributed by atoms with van der Waals surface area (Å²) >= 11 is 3.33. The van der Waals surface area contributed by atoms with Crippen molar-refractivity contribution in [1.29, 1.82) is 0 Å². The number of benzene rings is 1. The Morgan fingerprint density at radius 1 is 1.25 bits per heavy atom. The Morgan fingerprint density at radius 3 is 2.90 bits per heavy atom. The van der Waals surface area contributed by atoms with Gasteiger partial charge in [0, 0.05) is 32.2 Å². The Labute approximate surface area is 128 Å². The maximum atomic E-state index is 14.5. The van der Waals surface area contributed by atoms with Crippen LogP contribution in [0.1, 0.15) is 24.8 Å². The minimum absolute atomic E-state index is 0.169. The Hall–Kier alpha value is -0.650. The lowest BCUT2D eigenvalue weighted by Crippen LogP contribution is -2.55. The van der Waals surface area contributed by atoms with Gasteiger partial charge in [0.05, 0.1) is 10.2 Å². The van der Waals surface area contributed by atoms with E-state index in [1.807, 2.05) is 12.1 Å². The fraction of sp³-hybridized carbons (Fsp3) is 0.600. The number of hydrogen-bond donors (Lipinski definition) is 1. The van der Waals surface area contributed by atoms with Gasteiger partial charge >= 0.3 is 0 Å². The number of piperazine rings is 1. The third kappa shape index (κ3) is 2.59. The normalized spacial score (nSPS) is 23.8. The fourth-order valence-electron chi connectivity index (χ4n) is 3.36. The van der Waals surface area contributed by atoms with Crippen molar-refractivity contribution in [2.45, 2.75) is 31.8 Å². The van der Waals surface area contributed by atoms with E-state index >= 15 is 0 Å². The first-order valence-corrected chi connectivity index (χ1v) is 8.16. The second-order valence-corrected chi connectivity index (χ2v) is 6.50. The highest BCUT2D eigenvalue weighted by Gasteiger charge is 2.30. The lowest BCUT2D eigenvalue weighted by Gasteiger charge is -2.45. The second-order valence-electron chi connectivity index (χ2n) is 5.71. The molecule has 2 fully saturated rings. The molecule has 1 aromatic carbocycles. The predicted molar refractivity (Wildman–Crippen MR) is 83.4 cm³/mol. The average Bonchev–Trinajstić information content (AvgIpc) is 2.49. The van der Waals surface area contributed by atoms with Gasteiger partial charge in [0.1, 0.15) is 0 Å². The molecule has 2 N–H and O–H groups in total. The summed E-state index contributed by atoms with van der Waals surface area (Å²) in [5, 5.41) is 0. The van der Waals surface area contributed by atoms with Gasteiger partial charge in [0.25, 0.3) is 0 Å². The number of hydrogen-bond acceptors (Lipinski definition) is 3. The summed E-state index contributed by atoms with van der Waals surface area (Å²) in [6.45, 7) is 4.44. The van der Waals surface area contributed by atoms with Gasteiger partial charge < -0.3 is 10.6 Å². The van der Waals surface area contributed by atoms with Gasteiger partial charge in [-0.1, -0.05) is 12.5 Å². The molecule has 0 radical (unpaired) electrons. The molecule has 2 heterocycles. The monoisotopic (exact) mass is 341 g/mol. The van der Waals surface area contributed by atoms with Crippen molar-refractivity contribution in [3.63, 3.8) is 0 Å². The first-order valence-electron chi connectivity index (χ1n) is 7.36. The second kappa shape index (κ2) is 6.00. The summed E-state index contributed by atoms with van der Waals surface area (Å²) in [5.41, 5.74) is 7.15. The van der Waals surface area contributed by atoms with Crippen LogP contribution in [0.25, 0.3) is 0 Å². The highest BCUT2D eigenvalue weighted by Crippen LogP contribution is 2.32. The summed E-state index contributed by atoms with van der Waals surface area (Å²) in [6.07, 6.45) is 3.84. The molecule has 2 aliphatic heterocycles. The first kappa shape index (κ1) is 14.3. The zero-order chi connectivity index (χ0) is 14.1. The molecule has 3 rings (SSSR count). The SMILES string of the molecule is NCc1ccc(N2CCN3CCCCC3C2)c(F)c1Br. The molecule has 1 atom stereocenters. The Balaban J connectivity index is 1.81. The predicted octanol–water partition coefficient (Wildman–Crippen LogP) is 2.72. The van der Waals surface area contributed by atoms with Crippen molar-refractivity contribution in [2.24, 2.45) is 5.73 Å². The molecule has 1 unspecified atom stereocenters. The molecule has 20 heavy (non-hydrogen) atoms.